The van der Waals surface area contributed by atoms with Crippen LogP contribution in [0.25, 0.3) is 21.5 Å². The van der Waals surface area contributed by atoms with Crippen molar-refractivity contribution in [3.05, 3.63) is 54.1 Å². The molecule has 1 aliphatic rings. The third kappa shape index (κ3) is 4.73. The second kappa shape index (κ2) is 9.40. The largest absolute Gasteiger partial charge is 0.354 e. The molecule has 1 saturated heterocycles. The van der Waals surface area contributed by atoms with Crippen LogP contribution in [-0.4, -0.2) is 83.2 Å². The molecule has 10 heteroatoms. The van der Waals surface area contributed by atoms with E-state index in [1.165, 1.54) is 11.3 Å². The molecule has 5 heterocycles. The Balaban J connectivity index is 1.35. The zero-order chi connectivity index (χ0) is 23.7. The number of fused-ring (bicyclic) bond motifs is 1. The Morgan fingerprint density at radius 1 is 1.00 bits per heavy atom. The molecule has 0 atom stereocenters. The average molecular weight is 475 g/mol. The summed E-state index contributed by atoms with van der Waals surface area (Å²) in [5.74, 6) is 0.883. The Morgan fingerprint density at radius 3 is 2.56 bits per heavy atom. The first-order valence-electron chi connectivity index (χ1n) is 11.1. The third-order valence-corrected chi connectivity index (χ3v) is 7.03. The number of pyridine rings is 3. The first-order chi connectivity index (χ1) is 16.5. The Labute approximate surface area is 202 Å². The molecule has 4 aromatic rings. The highest BCUT2D eigenvalue weighted by Gasteiger charge is 2.17. The predicted octanol–water partition coefficient (Wildman–Crippen LogP) is 2.79. The monoisotopic (exact) mass is 474 g/mol. The molecule has 9 nitrogen and oxygen atoms in total. The Hall–Kier alpha value is -3.50. The van der Waals surface area contributed by atoms with Gasteiger partial charge >= 0.3 is 0 Å². The Kier molecular flexibility index (Phi) is 6.16. The van der Waals surface area contributed by atoms with E-state index in [2.05, 4.69) is 42.0 Å². The number of piperazine rings is 1. The lowest BCUT2D eigenvalue weighted by Gasteiger charge is -2.33. The standard InChI is InChI=1S/C24H26N8OS/c1-30(2)24-29-28-23(34-24)20-11-17-10-19(26-14-18(17)15-27-20)13-21(33)16-4-5-25-22(12-16)32-8-6-31(3)7-9-32/h4-5,10-12,14-15H,6-9,13H2,1-3H3. The molecule has 0 aliphatic carbocycles. The number of hydrogen-bond acceptors (Lipinski definition) is 10. The second-order valence-corrected chi connectivity index (χ2v) is 9.63. The van der Waals surface area contributed by atoms with Gasteiger partial charge in [-0.15, -0.1) is 10.2 Å². The summed E-state index contributed by atoms with van der Waals surface area (Å²) >= 11 is 1.49. The molecule has 0 aromatic carbocycles. The minimum atomic E-state index is 0.0265. The average Bonchev–Trinajstić information content (AvgIpc) is 3.35. The fourth-order valence-electron chi connectivity index (χ4n) is 3.86. The summed E-state index contributed by atoms with van der Waals surface area (Å²) in [6, 6.07) is 7.61. The van der Waals surface area contributed by atoms with Crippen LogP contribution < -0.4 is 9.80 Å². The molecule has 0 N–H and O–H groups in total. The smallest absolute Gasteiger partial charge is 0.208 e. The van der Waals surface area contributed by atoms with Gasteiger partial charge in [-0.2, -0.15) is 0 Å². The molecule has 174 valence electrons. The molecule has 34 heavy (non-hydrogen) atoms. The number of aromatic nitrogens is 5. The van der Waals surface area contributed by atoms with Crippen molar-refractivity contribution >= 4 is 38.8 Å². The SMILES string of the molecule is CN1CCN(c2cc(C(=O)Cc3cc4cc(-c5nnc(N(C)C)s5)ncc4cn3)ccn2)CC1. The van der Waals surface area contributed by atoms with Crippen LogP contribution in [0, 0.1) is 0 Å². The van der Waals surface area contributed by atoms with Crippen LogP contribution in [-0.2, 0) is 6.42 Å². The van der Waals surface area contributed by atoms with Crippen LogP contribution in [0.2, 0.25) is 0 Å². The van der Waals surface area contributed by atoms with Gasteiger partial charge in [0.1, 0.15) is 11.5 Å². The predicted molar refractivity (Wildman–Crippen MR) is 135 cm³/mol. The first-order valence-corrected chi connectivity index (χ1v) is 12.0. The summed E-state index contributed by atoms with van der Waals surface area (Å²) in [4.78, 5) is 33.0. The quantitative estimate of drug-likeness (QED) is 0.391. The van der Waals surface area contributed by atoms with Crippen molar-refractivity contribution < 1.29 is 4.79 Å². The van der Waals surface area contributed by atoms with Gasteiger partial charge in [0.15, 0.2) is 10.8 Å². The van der Waals surface area contributed by atoms with Gasteiger partial charge in [0.2, 0.25) is 5.13 Å². The molecule has 0 amide bonds. The van der Waals surface area contributed by atoms with Gasteiger partial charge in [-0.3, -0.25) is 14.8 Å². The van der Waals surface area contributed by atoms with E-state index in [0.29, 0.717) is 5.56 Å². The minimum Gasteiger partial charge on any atom is -0.354 e. The number of carbonyl (C=O) groups is 1. The van der Waals surface area contributed by atoms with Crippen LogP contribution in [0.5, 0.6) is 0 Å². The van der Waals surface area contributed by atoms with Crippen LogP contribution >= 0.6 is 11.3 Å². The van der Waals surface area contributed by atoms with Crippen molar-refractivity contribution in [2.45, 2.75) is 6.42 Å². The van der Waals surface area contributed by atoms with E-state index in [1.54, 1.807) is 24.7 Å². The number of hydrogen-bond donors (Lipinski definition) is 0. The van der Waals surface area contributed by atoms with E-state index in [-0.39, 0.29) is 12.2 Å². The fraction of sp³-hybridized carbons (Fsp3) is 0.333. The van der Waals surface area contributed by atoms with Crippen molar-refractivity contribution in [3.63, 3.8) is 0 Å². The number of carbonyl (C=O) groups excluding carboxylic acids is 1. The number of likely N-dealkylation sites (N-methyl/N-ethyl adjacent to an activating group) is 1. The van der Waals surface area contributed by atoms with Gasteiger partial charge in [0.05, 0.1) is 6.42 Å². The topological polar surface area (TPSA) is 91.2 Å². The van der Waals surface area contributed by atoms with Gasteiger partial charge in [-0.25, -0.2) is 4.98 Å². The molecule has 0 saturated carbocycles. The van der Waals surface area contributed by atoms with Crippen molar-refractivity contribution in [2.24, 2.45) is 0 Å². The van der Waals surface area contributed by atoms with Gasteiger partial charge in [-0.1, -0.05) is 11.3 Å². The zero-order valence-electron chi connectivity index (χ0n) is 19.5. The first kappa shape index (κ1) is 22.3. The minimum absolute atomic E-state index is 0.0265. The van der Waals surface area contributed by atoms with E-state index in [9.17, 15) is 4.79 Å². The molecule has 0 bridgehead atoms. The summed E-state index contributed by atoms with van der Waals surface area (Å²) in [5.41, 5.74) is 2.14. The van der Waals surface area contributed by atoms with E-state index in [4.69, 9.17) is 0 Å². The van der Waals surface area contributed by atoms with Crippen molar-refractivity contribution in [2.75, 3.05) is 57.1 Å². The number of anilines is 2. The van der Waals surface area contributed by atoms with Crippen LogP contribution in [0.1, 0.15) is 16.1 Å². The van der Waals surface area contributed by atoms with Crippen molar-refractivity contribution in [3.8, 4) is 10.7 Å². The van der Waals surface area contributed by atoms with Crippen LogP contribution in [0.15, 0.2) is 42.9 Å². The molecule has 1 aliphatic heterocycles. The summed E-state index contributed by atoms with van der Waals surface area (Å²) in [5, 5.41) is 11.9. The fourth-order valence-corrected chi connectivity index (χ4v) is 4.60. The van der Waals surface area contributed by atoms with Gasteiger partial charge in [0, 0.05) is 75.5 Å². The molecule has 0 spiro atoms. The lowest BCUT2D eigenvalue weighted by molar-refractivity contribution is 0.0992. The molecule has 5 rings (SSSR count). The van der Waals surface area contributed by atoms with Crippen molar-refractivity contribution in [1.82, 2.24) is 30.0 Å². The number of ketones is 1. The molecular weight excluding hydrogens is 448 g/mol. The van der Waals surface area contributed by atoms with Gasteiger partial charge in [0.25, 0.3) is 0 Å². The summed E-state index contributed by atoms with van der Waals surface area (Å²) in [6.07, 6.45) is 5.49. The third-order valence-electron chi connectivity index (χ3n) is 5.91. The Bertz CT molecular complexity index is 1330. The van der Waals surface area contributed by atoms with E-state index < -0.39 is 0 Å². The lowest BCUT2D eigenvalue weighted by atomic mass is 10.1. The number of nitrogens with zero attached hydrogens (tertiary/aromatic N) is 8. The van der Waals surface area contributed by atoms with Gasteiger partial charge in [-0.05, 0) is 36.7 Å². The summed E-state index contributed by atoms with van der Waals surface area (Å²) < 4.78 is 0. The summed E-state index contributed by atoms with van der Waals surface area (Å²) in [7, 11) is 5.99. The highest BCUT2D eigenvalue weighted by Crippen LogP contribution is 2.28. The van der Waals surface area contributed by atoms with E-state index in [0.717, 1.165) is 64.3 Å². The zero-order valence-corrected chi connectivity index (χ0v) is 20.3. The highest BCUT2D eigenvalue weighted by molar-refractivity contribution is 7.18. The highest BCUT2D eigenvalue weighted by atomic mass is 32.1. The number of Topliss-reactive ketones (excluding diaryl/α,β-unsaturated/α-hetero) is 1. The summed E-state index contributed by atoms with van der Waals surface area (Å²) in [6.45, 7) is 3.80. The van der Waals surface area contributed by atoms with Gasteiger partial charge < -0.3 is 14.7 Å². The lowest BCUT2D eigenvalue weighted by Crippen LogP contribution is -2.44. The number of rotatable bonds is 6. The van der Waals surface area contributed by atoms with Crippen molar-refractivity contribution in [1.29, 1.82) is 0 Å². The maximum atomic E-state index is 13.1. The Morgan fingerprint density at radius 2 is 1.79 bits per heavy atom. The normalized spacial score (nSPS) is 14.5. The van der Waals surface area contributed by atoms with E-state index >= 15 is 0 Å². The second-order valence-electron chi connectivity index (χ2n) is 8.67. The van der Waals surface area contributed by atoms with Crippen LogP contribution in [0.4, 0.5) is 10.9 Å². The molecule has 4 aromatic heterocycles. The molecule has 1 fully saturated rings. The molecular formula is C24H26N8OS. The molecule has 0 unspecified atom stereocenters. The maximum Gasteiger partial charge on any atom is 0.208 e. The maximum absolute atomic E-state index is 13.1. The van der Waals surface area contributed by atoms with E-state index in [1.807, 2.05) is 37.2 Å². The molecule has 0 radical (unpaired) electrons. The van der Waals surface area contributed by atoms with Crippen LogP contribution in [0.3, 0.4) is 0 Å².